The number of rotatable bonds is 4. The van der Waals surface area contributed by atoms with Gasteiger partial charge in [0.05, 0.1) is 13.5 Å². The zero-order chi connectivity index (χ0) is 14.0. The molecular formula is C12H13F2NO4. The van der Waals surface area contributed by atoms with Crippen molar-refractivity contribution in [1.82, 2.24) is 0 Å². The van der Waals surface area contributed by atoms with Crippen LogP contribution in [-0.2, 0) is 9.53 Å². The van der Waals surface area contributed by atoms with Crippen molar-refractivity contribution in [1.29, 1.82) is 0 Å². The first-order valence-corrected chi connectivity index (χ1v) is 5.63. The van der Waals surface area contributed by atoms with Crippen LogP contribution in [0.1, 0.15) is 13.3 Å². The Kier molecular flexibility index (Phi) is 3.46. The number of halogens is 2. The molecule has 0 radical (unpaired) electrons. The molecule has 0 saturated carbocycles. The first-order valence-electron chi connectivity index (χ1n) is 5.63. The Morgan fingerprint density at radius 1 is 1.42 bits per heavy atom. The number of hydrogen-bond donors (Lipinski definition) is 1. The molecule has 7 heteroatoms. The number of nitrogens with one attached hydrogen (secondary N) is 1. The molecule has 0 bridgehead atoms. The Bertz CT molecular complexity index is 493. The Morgan fingerprint density at radius 3 is 2.79 bits per heavy atom. The number of anilines is 1. The number of benzene rings is 1. The molecule has 0 spiro atoms. The van der Waals surface area contributed by atoms with Crippen LogP contribution in [0.5, 0.6) is 11.5 Å². The third kappa shape index (κ3) is 3.24. The molecule has 19 heavy (non-hydrogen) atoms. The van der Waals surface area contributed by atoms with Crippen molar-refractivity contribution in [3.63, 3.8) is 0 Å². The van der Waals surface area contributed by atoms with E-state index >= 15 is 0 Å². The summed E-state index contributed by atoms with van der Waals surface area (Å²) in [5.74, 6) is -0.413. The van der Waals surface area contributed by atoms with Crippen molar-refractivity contribution in [3.05, 3.63) is 18.2 Å². The van der Waals surface area contributed by atoms with Crippen LogP contribution in [0.2, 0.25) is 0 Å². The molecule has 0 saturated heterocycles. The number of methoxy groups -OCH3 is 1. The highest BCUT2D eigenvalue weighted by molar-refractivity contribution is 5.70. The van der Waals surface area contributed by atoms with Gasteiger partial charge in [-0.25, -0.2) is 0 Å². The number of carbonyl (C=O) groups excluding carboxylic acids is 1. The van der Waals surface area contributed by atoms with E-state index in [0.29, 0.717) is 5.69 Å². The van der Waals surface area contributed by atoms with Gasteiger partial charge in [-0.3, -0.25) is 4.79 Å². The predicted molar refractivity (Wildman–Crippen MR) is 62.4 cm³/mol. The molecule has 0 aliphatic carbocycles. The summed E-state index contributed by atoms with van der Waals surface area (Å²) in [4.78, 5) is 11.1. The molecule has 0 aromatic heterocycles. The highest BCUT2D eigenvalue weighted by Gasteiger charge is 2.43. The van der Waals surface area contributed by atoms with Gasteiger partial charge in [0.1, 0.15) is 0 Å². The summed E-state index contributed by atoms with van der Waals surface area (Å²) in [5, 5.41) is 2.98. The van der Waals surface area contributed by atoms with E-state index in [-0.39, 0.29) is 29.9 Å². The molecule has 1 aliphatic heterocycles. The van der Waals surface area contributed by atoms with E-state index in [1.165, 1.54) is 19.2 Å². The monoisotopic (exact) mass is 273 g/mol. The lowest BCUT2D eigenvalue weighted by Gasteiger charge is -2.14. The predicted octanol–water partition coefficient (Wildman–Crippen LogP) is 2.37. The molecule has 1 atom stereocenters. The maximum Gasteiger partial charge on any atom is 0.586 e. The second kappa shape index (κ2) is 4.91. The topological polar surface area (TPSA) is 56.8 Å². The average molecular weight is 273 g/mol. The minimum Gasteiger partial charge on any atom is -0.469 e. The maximum atomic E-state index is 12.8. The van der Waals surface area contributed by atoms with Crippen molar-refractivity contribution >= 4 is 11.7 Å². The van der Waals surface area contributed by atoms with E-state index in [4.69, 9.17) is 0 Å². The number of alkyl halides is 2. The van der Waals surface area contributed by atoms with Crippen LogP contribution in [0.3, 0.4) is 0 Å². The molecular weight excluding hydrogens is 260 g/mol. The van der Waals surface area contributed by atoms with Crippen molar-refractivity contribution in [2.75, 3.05) is 12.4 Å². The fourth-order valence-corrected chi connectivity index (χ4v) is 1.71. The van der Waals surface area contributed by atoms with Gasteiger partial charge < -0.3 is 19.5 Å². The molecule has 1 unspecified atom stereocenters. The molecule has 1 N–H and O–H groups in total. The average Bonchev–Trinajstić information content (AvgIpc) is 2.61. The molecule has 1 aromatic carbocycles. The van der Waals surface area contributed by atoms with Gasteiger partial charge in [-0.05, 0) is 19.1 Å². The lowest BCUT2D eigenvalue weighted by Crippen LogP contribution is -2.25. The Morgan fingerprint density at radius 2 is 2.11 bits per heavy atom. The third-order valence-electron chi connectivity index (χ3n) is 2.51. The van der Waals surface area contributed by atoms with Crippen LogP contribution in [0, 0.1) is 0 Å². The normalized spacial score (nSPS) is 16.8. The Balaban J connectivity index is 2.02. The largest absolute Gasteiger partial charge is 0.586 e. The standard InChI is InChI=1S/C12H13F2NO4/c1-7(5-11(16)17-2)15-8-3-4-9-10(6-8)19-12(13,14)18-9/h3-4,6-7,15H,5H2,1-2H3. The summed E-state index contributed by atoms with van der Waals surface area (Å²) in [6.45, 7) is 1.77. The van der Waals surface area contributed by atoms with Gasteiger partial charge in [0.15, 0.2) is 11.5 Å². The Hall–Kier alpha value is -2.05. The number of esters is 1. The Labute approximate surface area is 108 Å². The number of carbonyl (C=O) groups is 1. The first kappa shape index (κ1) is 13.4. The zero-order valence-corrected chi connectivity index (χ0v) is 10.4. The van der Waals surface area contributed by atoms with Gasteiger partial charge in [0.25, 0.3) is 0 Å². The lowest BCUT2D eigenvalue weighted by molar-refractivity contribution is -0.286. The highest BCUT2D eigenvalue weighted by atomic mass is 19.3. The van der Waals surface area contributed by atoms with E-state index in [1.807, 2.05) is 0 Å². The fraction of sp³-hybridized carbons (Fsp3) is 0.417. The summed E-state index contributed by atoms with van der Waals surface area (Å²) in [5.41, 5.74) is 0.552. The van der Waals surface area contributed by atoms with E-state index in [9.17, 15) is 13.6 Å². The number of hydrogen-bond acceptors (Lipinski definition) is 5. The molecule has 0 fully saturated rings. The van der Waals surface area contributed by atoms with Gasteiger partial charge in [0, 0.05) is 17.8 Å². The SMILES string of the molecule is COC(=O)CC(C)Nc1ccc2c(c1)OC(F)(F)O2. The maximum absolute atomic E-state index is 12.8. The molecule has 1 heterocycles. The van der Waals surface area contributed by atoms with Gasteiger partial charge >= 0.3 is 12.3 Å². The molecule has 5 nitrogen and oxygen atoms in total. The molecule has 1 aliphatic rings. The van der Waals surface area contributed by atoms with E-state index in [2.05, 4.69) is 19.5 Å². The fourth-order valence-electron chi connectivity index (χ4n) is 1.71. The minimum absolute atomic E-state index is 0.0174. The second-order valence-electron chi connectivity index (χ2n) is 4.15. The summed E-state index contributed by atoms with van der Waals surface area (Å²) >= 11 is 0. The second-order valence-corrected chi connectivity index (χ2v) is 4.15. The van der Waals surface area contributed by atoms with Crippen molar-refractivity contribution in [2.45, 2.75) is 25.7 Å². The molecule has 2 rings (SSSR count). The molecule has 104 valence electrons. The van der Waals surface area contributed by atoms with Gasteiger partial charge in [-0.15, -0.1) is 8.78 Å². The van der Waals surface area contributed by atoms with Crippen LogP contribution < -0.4 is 14.8 Å². The summed E-state index contributed by atoms with van der Waals surface area (Å²) in [7, 11) is 1.30. The first-order chi connectivity index (χ1) is 8.89. The zero-order valence-electron chi connectivity index (χ0n) is 10.4. The van der Waals surface area contributed by atoms with Crippen LogP contribution >= 0.6 is 0 Å². The van der Waals surface area contributed by atoms with E-state index in [0.717, 1.165) is 0 Å². The van der Waals surface area contributed by atoms with E-state index in [1.54, 1.807) is 13.0 Å². The summed E-state index contributed by atoms with van der Waals surface area (Å²) in [6, 6.07) is 4.14. The summed E-state index contributed by atoms with van der Waals surface area (Å²) < 4.78 is 38.8. The van der Waals surface area contributed by atoms with Crippen molar-refractivity contribution < 1.29 is 27.8 Å². The molecule has 0 amide bonds. The lowest BCUT2D eigenvalue weighted by atomic mass is 10.2. The van der Waals surface area contributed by atoms with Gasteiger partial charge in [0.2, 0.25) is 0 Å². The van der Waals surface area contributed by atoms with Gasteiger partial charge in [-0.2, -0.15) is 0 Å². The van der Waals surface area contributed by atoms with Gasteiger partial charge in [-0.1, -0.05) is 0 Å². The number of ether oxygens (including phenoxy) is 3. The van der Waals surface area contributed by atoms with Crippen LogP contribution in [-0.4, -0.2) is 25.4 Å². The van der Waals surface area contributed by atoms with Crippen molar-refractivity contribution in [3.8, 4) is 11.5 Å². The third-order valence-corrected chi connectivity index (χ3v) is 2.51. The summed E-state index contributed by atoms with van der Waals surface area (Å²) in [6.07, 6.45) is -3.46. The minimum atomic E-state index is -3.63. The quantitative estimate of drug-likeness (QED) is 0.853. The highest BCUT2D eigenvalue weighted by Crippen LogP contribution is 2.42. The van der Waals surface area contributed by atoms with E-state index < -0.39 is 6.29 Å². The van der Waals surface area contributed by atoms with Crippen LogP contribution in [0.4, 0.5) is 14.5 Å². The van der Waals surface area contributed by atoms with Crippen molar-refractivity contribution in [2.24, 2.45) is 0 Å². The number of fused-ring (bicyclic) bond motifs is 1. The smallest absolute Gasteiger partial charge is 0.469 e. The van der Waals surface area contributed by atoms with Crippen LogP contribution in [0.15, 0.2) is 18.2 Å². The molecule has 1 aromatic rings. The van der Waals surface area contributed by atoms with Crippen LogP contribution in [0.25, 0.3) is 0 Å².